The fourth-order valence-corrected chi connectivity index (χ4v) is 4.60. The van der Waals surface area contributed by atoms with E-state index in [0.717, 1.165) is 43.9 Å². The van der Waals surface area contributed by atoms with Gasteiger partial charge in [0.2, 0.25) is 0 Å². The standard InChI is InChI=1S/C26H32F4N4O3/c1-36-24-7-2-20(18-23(24)27)19-32-10-8-31(9-11-32)16-17-37-25(35)34-14-12-33(13-15-34)22-5-3-21(4-6-22)26(28,29)30/h2-7,18H,8-17,19H2,1H3. The van der Waals surface area contributed by atoms with Crippen LogP contribution in [0.15, 0.2) is 42.5 Å². The number of hydrogen-bond acceptors (Lipinski definition) is 6. The molecule has 1 amide bonds. The van der Waals surface area contributed by atoms with Crippen molar-refractivity contribution in [2.45, 2.75) is 12.7 Å². The lowest BCUT2D eigenvalue weighted by molar-refractivity contribution is -0.137. The molecule has 0 unspecified atom stereocenters. The molecule has 0 aliphatic carbocycles. The Bertz CT molecular complexity index is 1040. The molecule has 2 saturated heterocycles. The molecule has 0 radical (unpaired) electrons. The largest absolute Gasteiger partial charge is 0.494 e. The summed E-state index contributed by atoms with van der Waals surface area (Å²) in [4.78, 5) is 20.6. The van der Waals surface area contributed by atoms with Gasteiger partial charge < -0.3 is 19.3 Å². The van der Waals surface area contributed by atoms with Crippen molar-refractivity contribution < 1.29 is 31.8 Å². The molecule has 0 atom stereocenters. The molecular formula is C26H32F4N4O3. The Kier molecular flexibility index (Phi) is 8.75. The molecule has 0 N–H and O–H groups in total. The number of rotatable bonds is 7. The molecule has 7 nitrogen and oxygen atoms in total. The maximum Gasteiger partial charge on any atom is 0.416 e. The number of carbonyl (C=O) groups is 1. The van der Waals surface area contributed by atoms with Crippen LogP contribution in [0, 0.1) is 5.82 Å². The Morgan fingerprint density at radius 3 is 2.14 bits per heavy atom. The van der Waals surface area contributed by atoms with Crippen LogP contribution in [-0.2, 0) is 17.5 Å². The number of piperazine rings is 2. The lowest BCUT2D eigenvalue weighted by Gasteiger charge is -2.36. The van der Waals surface area contributed by atoms with Crippen molar-refractivity contribution >= 4 is 11.8 Å². The Morgan fingerprint density at radius 2 is 1.54 bits per heavy atom. The molecule has 2 aliphatic heterocycles. The quantitative estimate of drug-likeness (QED) is 0.512. The fraction of sp³-hybridized carbons (Fsp3) is 0.500. The minimum atomic E-state index is -4.35. The zero-order valence-electron chi connectivity index (χ0n) is 20.8. The third kappa shape index (κ3) is 7.26. The van der Waals surface area contributed by atoms with Crippen molar-refractivity contribution in [3.8, 4) is 5.75 Å². The molecule has 37 heavy (non-hydrogen) atoms. The van der Waals surface area contributed by atoms with Crippen molar-refractivity contribution in [3.05, 3.63) is 59.4 Å². The predicted molar refractivity (Wildman–Crippen MR) is 131 cm³/mol. The van der Waals surface area contributed by atoms with Crippen LogP contribution >= 0.6 is 0 Å². The Balaban J connectivity index is 1.12. The van der Waals surface area contributed by atoms with Crippen molar-refractivity contribution in [1.29, 1.82) is 0 Å². The van der Waals surface area contributed by atoms with Crippen LogP contribution in [0.4, 0.5) is 28.0 Å². The summed E-state index contributed by atoms with van der Waals surface area (Å²) < 4.78 is 62.6. The van der Waals surface area contributed by atoms with Gasteiger partial charge in [-0.2, -0.15) is 13.2 Å². The van der Waals surface area contributed by atoms with Gasteiger partial charge in [0.1, 0.15) is 6.61 Å². The van der Waals surface area contributed by atoms with Gasteiger partial charge in [0.15, 0.2) is 11.6 Å². The van der Waals surface area contributed by atoms with E-state index in [1.54, 1.807) is 11.0 Å². The molecule has 0 spiro atoms. The van der Waals surface area contributed by atoms with Gasteiger partial charge in [0.05, 0.1) is 12.7 Å². The number of ether oxygens (including phenoxy) is 2. The Morgan fingerprint density at radius 1 is 0.892 bits per heavy atom. The second kappa shape index (κ2) is 12.0. The summed E-state index contributed by atoms with van der Waals surface area (Å²) in [6.45, 7) is 6.91. The topological polar surface area (TPSA) is 48.5 Å². The van der Waals surface area contributed by atoms with Crippen LogP contribution < -0.4 is 9.64 Å². The van der Waals surface area contributed by atoms with Gasteiger partial charge in [-0.1, -0.05) is 6.07 Å². The second-order valence-electron chi connectivity index (χ2n) is 9.22. The summed E-state index contributed by atoms with van der Waals surface area (Å²) in [7, 11) is 1.45. The van der Waals surface area contributed by atoms with E-state index in [4.69, 9.17) is 9.47 Å². The van der Waals surface area contributed by atoms with Gasteiger partial charge in [-0.3, -0.25) is 9.80 Å². The summed E-state index contributed by atoms with van der Waals surface area (Å²) in [6, 6.07) is 10.1. The maximum atomic E-state index is 13.9. The molecule has 2 aliphatic rings. The molecule has 2 aromatic carbocycles. The van der Waals surface area contributed by atoms with E-state index < -0.39 is 11.7 Å². The van der Waals surface area contributed by atoms with Crippen LogP contribution in [0.1, 0.15) is 11.1 Å². The van der Waals surface area contributed by atoms with Crippen LogP contribution in [0.25, 0.3) is 0 Å². The third-order valence-corrected chi connectivity index (χ3v) is 6.82. The number of nitrogens with zero attached hydrogens (tertiary/aromatic N) is 4. The SMILES string of the molecule is COc1ccc(CN2CCN(CCOC(=O)N3CCN(c4ccc(C(F)(F)F)cc4)CC3)CC2)cc1F. The minimum Gasteiger partial charge on any atom is -0.494 e. The zero-order valence-corrected chi connectivity index (χ0v) is 20.8. The van der Waals surface area contributed by atoms with E-state index in [-0.39, 0.29) is 17.7 Å². The normalized spacial score (nSPS) is 17.6. The summed E-state index contributed by atoms with van der Waals surface area (Å²) in [6.07, 6.45) is -4.72. The van der Waals surface area contributed by atoms with Crippen molar-refractivity contribution in [1.82, 2.24) is 14.7 Å². The number of alkyl halides is 3. The molecule has 202 valence electrons. The Labute approximate surface area is 214 Å². The summed E-state index contributed by atoms with van der Waals surface area (Å²) >= 11 is 0. The summed E-state index contributed by atoms with van der Waals surface area (Å²) in [5.41, 5.74) is 0.934. The molecule has 2 aromatic rings. The van der Waals surface area contributed by atoms with E-state index in [2.05, 4.69) is 9.80 Å². The highest BCUT2D eigenvalue weighted by Gasteiger charge is 2.30. The Hall–Kier alpha value is -3.05. The second-order valence-corrected chi connectivity index (χ2v) is 9.22. The number of benzene rings is 2. The summed E-state index contributed by atoms with van der Waals surface area (Å²) in [5.74, 6) is -0.120. The third-order valence-electron chi connectivity index (χ3n) is 6.82. The maximum absolute atomic E-state index is 13.9. The summed E-state index contributed by atoms with van der Waals surface area (Å²) in [5, 5.41) is 0. The molecule has 0 bridgehead atoms. The van der Waals surface area contributed by atoms with Crippen molar-refractivity contribution in [2.24, 2.45) is 0 Å². The predicted octanol–water partition coefficient (Wildman–Crippen LogP) is 3.93. The van der Waals surface area contributed by atoms with Crippen molar-refractivity contribution in [3.63, 3.8) is 0 Å². The van der Waals surface area contributed by atoms with Crippen LogP contribution in [0.2, 0.25) is 0 Å². The molecular weight excluding hydrogens is 492 g/mol. The van der Waals surface area contributed by atoms with Gasteiger partial charge >= 0.3 is 12.3 Å². The number of anilines is 1. The van der Waals surface area contributed by atoms with E-state index in [1.807, 2.05) is 11.0 Å². The average Bonchev–Trinajstić information content (AvgIpc) is 2.89. The first-order valence-electron chi connectivity index (χ1n) is 12.3. The first-order chi connectivity index (χ1) is 17.7. The van der Waals surface area contributed by atoms with E-state index in [0.29, 0.717) is 51.6 Å². The molecule has 2 fully saturated rings. The van der Waals surface area contributed by atoms with E-state index in [9.17, 15) is 22.4 Å². The van der Waals surface area contributed by atoms with Crippen LogP contribution in [0.5, 0.6) is 5.75 Å². The number of amides is 1. The molecule has 11 heteroatoms. The highest BCUT2D eigenvalue weighted by atomic mass is 19.4. The fourth-order valence-electron chi connectivity index (χ4n) is 4.60. The zero-order chi connectivity index (χ0) is 26.4. The van der Waals surface area contributed by atoms with Gasteiger partial charge in [-0.15, -0.1) is 0 Å². The van der Waals surface area contributed by atoms with Crippen LogP contribution in [-0.4, -0.2) is 93.4 Å². The van der Waals surface area contributed by atoms with Gasteiger partial charge in [-0.05, 0) is 42.0 Å². The van der Waals surface area contributed by atoms with Gasteiger partial charge in [0.25, 0.3) is 0 Å². The van der Waals surface area contributed by atoms with Gasteiger partial charge in [-0.25, -0.2) is 9.18 Å². The van der Waals surface area contributed by atoms with Crippen LogP contribution in [0.3, 0.4) is 0 Å². The number of methoxy groups -OCH3 is 1. The minimum absolute atomic E-state index is 0.240. The van der Waals surface area contributed by atoms with E-state index in [1.165, 1.54) is 25.3 Å². The van der Waals surface area contributed by atoms with Gasteiger partial charge in [0, 0.05) is 71.1 Å². The number of hydrogen-bond donors (Lipinski definition) is 0. The smallest absolute Gasteiger partial charge is 0.416 e. The molecule has 0 aromatic heterocycles. The highest BCUT2D eigenvalue weighted by Crippen LogP contribution is 2.30. The number of halogens is 4. The average molecular weight is 525 g/mol. The molecule has 4 rings (SSSR count). The lowest BCUT2D eigenvalue weighted by atomic mass is 10.1. The molecule has 0 saturated carbocycles. The monoisotopic (exact) mass is 524 g/mol. The first kappa shape index (κ1) is 27.0. The van der Waals surface area contributed by atoms with E-state index >= 15 is 0 Å². The lowest BCUT2D eigenvalue weighted by Crippen LogP contribution is -2.50. The number of carbonyl (C=O) groups excluding carboxylic acids is 1. The highest BCUT2D eigenvalue weighted by molar-refractivity contribution is 5.68. The molecule has 2 heterocycles. The van der Waals surface area contributed by atoms with Crippen molar-refractivity contribution in [2.75, 3.05) is 77.5 Å². The first-order valence-corrected chi connectivity index (χ1v) is 12.3.